The minimum Gasteiger partial charge on any atom is -0.478 e. The van der Waals surface area contributed by atoms with Gasteiger partial charge in [-0.25, -0.2) is 14.8 Å². The van der Waals surface area contributed by atoms with Gasteiger partial charge in [-0.3, -0.25) is 4.79 Å². The lowest BCUT2D eigenvalue weighted by Gasteiger charge is -2.34. The Hall–Kier alpha value is -2.90. The number of amides is 1. The van der Waals surface area contributed by atoms with Crippen molar-refractivity contribution in [2.45, 2.75) is 0 Å². The first kappa shape index (κ1) is 14.1. The molecule has 2 aromatic rings. The summed E-state index contributed by atoms with van der Waals surface area (Å²) < 4.78 is 5.04. The van der Waals surface area contributed by atoms with Gasteiger partial charge in [0.1, 0.15) is 6.26 Å². The standard InChI is InChI=1S/C14H14N4O4/c19-12(11-8-10(9-22-11)13(20)21)17-4-6-18(7-5-17)14-15-2-1-3-16-14/h1-3,8-9H,4-7H2,(H,20,21). The predicted molar refractivity (Wildman–Crippen MR) is 75.8 cm³/mol. The third kappa shape index (κ3) is 2.76. The summed E-state index contributed by atoms with van der Waals surface area (Å²) in [7, 11) is 0. The Balaban J connectivity index is 1.63. The number of carboxylic acid groups (broad SMARTS) is 1. The van der Waals surface area contributed by atoms with E-state index in [1.807, 2.05) is 4.90 Å². The zero-order chi connectivity index (χ0) is 15.5. The molecule has 0 spiro atoms. The number of anilines is 1. The molecule has 1 aliphatic rings. The normalized spacial score (nSPS) is 14.9. The molecule has 22 heavy (non-hydrogen) atoms. The summed E-state index contributed by atoms with van der Waals surface area (Å²) in [5, 5.41) is 8.85. The Morgan fingerprint density at radius 1 is 1.14 bits per heavy atom. The average Bonchev–Trinajstić information content (AvgIpc) is 3.05. The molecule has 0 unspecified atom stereocenters. The first-order valence-electron chi connectivity index (χ1n) is 6.78. The monoisotopic (exact) mass is 302 g/mol. The van der Waals surface area contributed by atoms with Gasteiger partial charge in [0.15, 0.2) is 5.76 Å². The van der Waals surface area contributed by atoms with Crippen molar-refractivity contribution in [1.29, 1.82) is 0 Å². The van der Waals surface area contributed by atoms with Crippen molar-refractivity contribution in [3.8, 4) is 0 Å². The minimum absolute atomic E-state index is 0.0281. The maximum atomic E-state index is 12.3. The molecule has 1 fully saturated rings. The van der Waals surface area contributed by atoms with Crippen LogP contribution in [0.3, 0.4) is 0 Å². The van der Waals surface area contributed by atoms with Crippen LogP contribution in [0.2, 0.25) is 0 Å². The van der Waals surface area contributed by atoms with Gasteiger partial charge in [-0.15, -0.1) is 0 Å². The van der Waals surface area contributed by atoms with Crippen molar-refractivity contribution in [2.24, 2.45) is 0 Å². The number of rotatable bonds is 3. The smallest absolute Gasteiger partial charge is 0.338 e. The van der Waals surface area contributed by atoms with Crippen LogP contribution in [0.25, 0.3) is 0 Å². The zero-order valence-corrected chi connectivity index (χ0v) is 11.7. The topological polar surface area (TPSA) is 99.8 Å². The van der Waals surface area contributed by atoms with Gasteiger partial charge in [-0.05, 0) is 6.07 Å². The summed E-state index contributed by atoms with van der Waals surface area (Å²) in [6, 6.07) is 3.00. The summed E-state index contributed by atoms with van der Waals surface area (Å²) in [5.41, 5.74) is -0.0281. The van der Waals surface area contributed by atoms with Gasteiger partial charge < -0.3 is 19.3 Å². The van der Waals surface area contributed by atoms with E-state index in [0.29, 0.717) is 32.1 Å². The van der Waals surface area contributed by atoms with Crippen molar-refractivity contribution < 1.29 is 19.1 Å². The zero-order valence-electron chi connectivity index (χ0n) is 11.7. The molecule has 2 aromatic heterocycles. The number of carboxylic acids is 1. The molecule has 0 radical (unpaired) electrons. The van der Waals surface area contributed by atoms with E-state index in [1.54, 1.807) is 23.4 Å². The Morgan fingerprint density at radius 3 is 2.41 bits per heavy atom. The highest BCUT2D eigenvalue weighted by Crippen LogP contribution is 2.14. The maximum Gasteiger partial charge on any atom is 0.338 e. The number of hydrogen-bond acceptors (Lipinski definition) is 6. The van der Waals surface area contributed by atoms with E-state index >= 15 is 0 Å². The van der Waals surface area contributed by atoms with Gasteiger partial charge in [0.2, 0.25) is 5.95 Å². The highest BCUT2D eigenvalue weighted by molar-refractivity contribution is 5.95. The molecule has 0 atom stereocenters. The molecular weight excluding hydrogens is 288 g/mol. The van der Waals surface area contributed by atoms with E-state index in [9.17, 15) is 9.59 Å². The van der Waals surface area contributed by atoms with Crippen molar-refractivity contribution in [3.05, 3.63) is 42.1 Å². The molecule has 0 saturated carbocycles. The fraction of sp³-hybridized carbons (Fsp3) is 0.286. The summed E-state index contributed by atoms with van der Waals surface area (Å²) in [6.07, 6.45) is 4.43. The van der Waals surface area contributed by atoms with E-state index in [4.69, 9.17) is 9.52 Å². The second-order valence-corrected chi connectivity index (χ2v) is 4.83. The van der Waals surface area contributed by atoms with Crippen LogP contribution in [-0.4, -0.2) is 58.0 Å². The van der Waals surface area contributed by atoms with Crippen molar-refractivity contribution in [2.75, 3.05) is 31.1 Å². The number of nitrogens with zero attached hydrogens (tertiary/aromatic N) is 4. The number of aromatic nitrogens is 2. The van der Waals surface area contributed by atoms with Crippen LogP contribution in [0, 0.1) is 0 Å². The number of carbonyl (C=O) groups is 2. The highest BCUT2D eigenvalue weighted by Gasteiger charge is 2.25. The van der Waals surface area contributed by atoms with Crippen molar-refractivity contribution >= 4 is 17.8 Å². The Kier molecular flexibility index (Phi) is 3.73. The number of hydrogen-bond donors (Lipinski definition) is 1. The molecule has 3 rings (SSSR count). The number of piperazine rings is 1. The molecule has 1 amide bonds. The lowest BCUT2D eigenvalue weighted by molar-refractivity contribution is 0.0692. The molecule has 0 bridgehead atoms. The maximum absolute atomic E-state index is 12.3. The van der Waals surface area contributed by atoms with E-state index in [2.05, 4.69) is 9.97 Å². The minimum atomic E-state index is -1.12. The van der Waals surface area contributed by atoms with Gasteiger partial charge in [-0.2, -0.15) is 0 Å². The quantitative estimate of drug-likeness (QED) is 0.892. The molecular formula is C14H14N4O4. The first-order valence-corrected chi connectivity index (χ1v) is 6.78. The van der Waals surface area contributed by atoms with Gasteiger partial charge >= 0.3 is 5.97 Å². The number of aromatic carboxylic acids is 1. The third-order valence-electron chi connectivity index (χ3n) is 3.46. The second-order valence-electron chi connectivity index (χ2n) is 4.83. The number of furan rings is 1. The molecule has 8 nitrogen and oxygen atoms in total. The van der Waals surface area contributed by atoms with E-state index < -0.39 is 5.97 Å². The van der Waals surface area contributed by atoms with Crippen LogP contribution >= 0.6 is 0 Å². The Morgan fingerprint density at radius 2 is 1.82 bits per heavy atom. The Labute approximate surface area is 126 Å². The van der Waals surface area contributed by atoms with Crippen LogP contribution in [0.1, 0.15) is 20.9 Å². The van der Waals surface area contributed by atoms with Gasteiger partial charge in [0.25, 0.3) is 5.91 Å². The highest BCUT2D eigenvalue weighted by atomic mass is 16.4. The molecule has 3 heterocycles. The first-order chi connectivity index (χ1) is 10.6. The SMILES string of the molecule is O=C(O)c1coc(C(=O)N2CCN(c3ncccn3)CC2)c1. The predicted octanol–water partition coefficient (Wildman–Crippen LogP) is 0.730. The van der Waals surface area contributed by atoms with Crippen molar-refractivity contribution in [3.63, 3.8) is 0 Å². The molecule has 114 valence electrons. The van der Waals surface area contributed by atoms with Crippen LogP contribution in [0.15, 0.2) is 35.2 Å². The van der Waals surface area contributed by atoms with Gasteiger partial charge in [-0.1, -0.05) is 0 Å². The van der Waals surface area contributed by atoms with E-state index in [-0.39, 0.29) is 17.2 Å². The second kappa shape index (κ2) is 5.84. The fourth-order valence-electron chi connectivity index (χ4n) is 2.28. The summed E-state index contributed by atoms with van der Waals surface area (Å²) in [4.78, 5) is 35.1. The lowest BCUT2D eigenvalue weighted by atomic mass is 10.2. The summed E-state index contributed by atoms with van der Waals surface area (Å²) in [5.74, 6) is -0.738. The van der Waals surface area contributed by atoms with E-state index in [0.717, 1.165) is 6.26 Å². The molecule has 1 N–H and O–H groups in total. The molecule has 8 heteroatoms. The summed E-state index contributed by atoms with van der Waals surface area (Å²) in [6.45, 7) is 2.23. The molecule has 1 saturated heterocycles. The largest absolute Gasteiger partial charge is 0.478 e. The summed E-state index contributed by atoms with van der Waals surface area (Å²) >= 11 is 0. The van der Waals surface area contributed by atoms with Gasteiger partial charge in [0.05, 0.1) is 5.56 Å². The van der Waals surface area contributed by atoms with Crippen LogP contribution in [0.4, 0.5) is 5.95 Å². The third-order valence-corrected chi connectivity index (χ3v) is 3.46. The number of carbonyl (C=O) groups excluding carboxylic acids is 1. The molecule has 0 aromatic carbocycles. The van der Waals surface area contributed by atoms with Crippen LogP contribution in [-0.2, 0) is 0 Å². The Bertz CT molecular complexity index is 677. The molecule has 1 aliphatic heterocycles. The van der Waals surface area contributed by atoms with Gasteiger partial charge in [0, 0.05) is 44.6 Å². The lowest BCUT2D eigenvalue weighted by Crippen LogP contribution is -2.49. The van der Waals surface area contributed by atoms with Crippen LogP contribution in [0.5, 0.6) is 0 Å². The van der Waals surface area contributed by atoms with Crippen molar-refractivity contribution in [1.82, 2.24) is 14.9 Å². The van der Waals surface area contributed by atoms with E-state index in [1.165, 1.54) is 6.07 Å². The molecule has 0 aliphatic carbocycles. The fourth-order valence-corrected chi connectivity index (χ4v) is 2.28. The van der Waals surface area contributed by atoms with Crippen LogP contribution < -0.4 is 4.90 Å². The average molecular weight is 302 g/mol.